The topological polar surface area (TPSA) is 50.7 Å². The molecule has 1 heterocycles. The average Bonchev–Trinajstić information content (AvgIpc) is 2.72. The molecule has 0 spiro atoms. The first-order valence-corrected chi connectivity index (χ1v) is 8.69. The van der Waals surface area contributed by atoms with Crippen LogP contribution in [0.5, 0.6) is 0 Å². The molecule has 0 aliphatic rings. The zero-order valence-corrected chi connectivity index (χ0v) is 14.9. The van der Waals surface area contributed by atoms with E-state index in [2.05, 4.69) is 20.3 Å². The van der Waals surface area contributed by atoms with Gasteiger partial charge in [0.2, 0.25) is 5.95 Å². The highest BCUT2D eigenvalue weighted by atomic mass is 15.2. The second kappa shape index (κ2) is 7.42. The quantitative estimate of drug-likeness (QED) is 0.565. The minimum Gasteiger partial charge on any atom is -0.324 e. The van der Waals surface area contributed by atoms with Crippen LogP contribution < -0.4 is 10.8 Å². The lowest BCUT2D eigenvalue weighted by molar-refractivity contribution is 1.07. The molecule has 0 amide bonds. The van der Waals surface area contributed by atoms with Gasteiger partial charge in [0.1, 0.15) is 7.85 Å². The SMILES string of the molecule is [B]c1cc(Nc2nc(-c3ccccc3)nc(-c3ccccc3)n2)ccc1C. The molecule has 0 saturated heterocycles. The highest BCUT2D eigenvalue weighted by Crippen LogP contribution is 2.23. The van der Waals surface area contributed by atoms with Gasteiger partial charge in [0.15, 0.2) is 11.6 Å². The van der Waals surface area contributed by atoms with Crippen LogP contribution in [0.4, 0.5) is 11.6 Å². The molecule has 4 nitrogen and oxygen atoms in total. The zero-order valence-electron chi connectivity index (χ0n) is 14.9. The van der Waals surface area contributed by atoms with Gasteiger partial charge >= 0.3 is 0 Å². The second-order valence-electron chi connectivity index (χ2n) is 6.23. The minimum atomic E-state index is 0.478. The van der Waals surface area contributed by atoms with Crippen molar-refractivity contribution < 1.29 is 0 Å². The second-order valence-corrected chi connectivity index (χ2v) is 6.23. The number of aryl methyl sites for hydroxylation is 1. The van der Waals surface area contributed by atoms with Crippen LogP contribution in [0, 0.1) is 6.92 Å². The van der Waals surface area contributed by atoms with E-state index >= 15 is 0 Å². The van der Waals surface area contributed by atoms with Gasteiger partial charge in [-0.15, -0.1) is 0 Å². The summed E-state index contributed by atoms with van der Waals surface area (Å²) in [5, 5.41) is 3.25. The molecular weight excluding hydrogens is 331 g/mol. The minimum absolute atomic E-state index is 0.478. The zero-order chi connectivity index (χ0) is 18.6. The molecule has 1 aromatic heterocycles. The Morgan fingerprint density at radius 1 is 0.704 bits per heavy atom. The number of hydrogen-bond acceptors (Lipinski definition) is 4. The Morgan fingerprint density at radius 2 is 1.26 bits per heavy atom. The molecule has 0 aliphatic carbocycles. The van der Waals surface area contributed by atoms with Gasteiger partial charge in [-0.3, -0.25) is 0 Å². The average molecular weight is 348 g/mol. The van der Waals surface area contributed by atoms with Crippen molar-refractivity contribution in [1.82, 2.24) is 15.0 Å². The number of benzene rings is 3. The van der Waals surface area contributed by atoms with Crippen molar-refractivity contribution in [1.29, 1.82) is 0 Å². The Morgan fingerprint density at radius 3 is 1.78 bits per heavy atom. The van der Waals surface area contributed by atoms with E-state index in [0.717, 1.165) is 27.8 Å². The molecule has 0 atom stereocenters. The van der Waals surface area contributed by atoms with E-state index in [0.29, 0.717) is 17.6 Å². The van der Waals surface area contributed by atoms with Crippen molar-refractivity contribution >= 4 is 24.9 Å². The summed E-state index contributed by atoms with van der Waals surface area (Å²) in [6.07, 6.45) is 0. The van der Waals surface area contributed by atoms with Crippen molar-refractivity contribution in [3.63, 3.8) is 0 Å². The van der Waals surface area contributed by atoms with Crippen LogP contribution in [-0.4, -0.2) is 22.8 Å². The molecule has 128 valence electrons. The van der Waals surface area contributed by atoms with Crippen LogP contribution in [0.1, 0.15) is 5.56 Å². The first-order chi connectivity index (χ1) is 13.2. The molecule has 0 unspecified atom stereocenters. The van der Waals surface area contributed by atoms with Crippen LogP contribution in [0.15, 0.2) is 78.9 Å². The first kappa shape index (κ1) is 17.0. The summed E-state index contributed by atoms with van der Waals surface area (Å²) in [5.41, 5.74) is 4.46. The largest absolute Gasteiger partial charge is 0.324 e. The number of nitrogens with one attached hydrogen (secondary N) is 1. The van der Waals surface area contributed by atoms with Gasteiger partial charge in [-0.1, -0.05) is 77.8 Å². The van der Waals surface area contributed by atoms with Gasteiger partial charge in [-0.2, -0.15) is 9.97 Å². The smallest absolute Gasteiger partial charge is 0.231 e. The fraction of sp³-hybridized carbons (Fsp3) is 0.0455. The lowest BCUT2D eigenvalue weighted by Gasteiger charge is -2.11. The molecule has 3 aromatic carbocycles. The third-order valence-corrected chi connectivity index (χ3v) is 4.23. The molecule has 0 bridgehead atoms. The Bertz CT molecular complexity index is 1010. The molecule has 0 fully saturated rings. The molecule has 4 rings (SSSR count). The van der Waals surface area contributed by atoms with E-state index in [1.54, 1.807) is 0 Å². The third kappa shape index (κ3) is 3.87. The summed E-state index contributed by atoms with van der Waals surface area (Å²) in [5.74, 6) is 1.71. The van der Waals surface area contributed by atoms with Crippen molar-refractivity contribution in [2.75, 3.05) is 5.32 Å². The van der Waals surface area contributed by atoms with E-state index in [-0.39, 0.29) is 0 Å². The summed E-state index contributed by atoms with van der Waals surface area (Å²) in [4.78, 5) is 13.9. The number of hydrogen-bond donors (Lipinski definition) is 1. The van der Waals surface area contributed by atoms with Crippen molar-refractivity contribution in [3.8, 4) is 22.8 Å². The van der Waals surface area contributed by atoms with E-state index in [1.807, 2.05) is 85.8 Å². The summed E-state index contributed by atoms with van der Waals surface area (Å²) in [6.45, 7) is 1.98. The highest BCUT2D eigenvalue weighted by Gasteiger charge is 2.10. The Kier molecular flexibility index (Phi) is 4.66. The van der Waals surface area contributed by atoms with Crippen molar-refractivity contribution in [2.24, 2.45) is 0 Å². The Hall–Kier alpha value is -3.47. The van der Waals surface area contributed by atoms with Gasteiger partial charge in [-0.05, 0) is 19.1 Å². The maximum absolute atomic E-state index is 6.02. The van der Waals surface area contributed by atoms with Gasteiger partial charge in [0.25, 0.3) is 0 Å². The molecule has 0 saturated carbocycles. The summed E-state index contributed by atoms with van der Waals surface area (Å²) in [6, 6.07) is 25.5. The number of anilines is 2. The van der Waals surface area contributed by atoms with Gasteiger partial charge in [-0.25, -0.2) is 4.98 Å². The number of nitrogens with zero attached hydrogens (tertiary/aromatic N) is 3. The summed E-state index contributed by atoms with van der Waals surface area (Å²) in [7, 11) is 6.02. The van der Waals surface area contributed by atoms with Gasteiger partial charge in [0.05, 0.1) is 0 Å². The third-order valence-electron chi connectivity index (χ3n) is 4.23. The number of aromatic nitrogens is 3. The van der Waals surface area contributed by atoms with E-state index in [9.17, 15) is 0 Å². The molecule has 27 heavy (non-hydrogen) atoms. The fourth-order valence-corrected chi connectivity index (χ4v) is 2.71. The molecule has 2 radical (unpaired) electrons. The van der Waals surface area contributed by atoms with E-state index < -0.39 is 0 Å². The van der Waals surface area contributed by atoms with Crippen LogP contribution in [-0.2, 0) is 0 Å². The molecule has 4 aromatic rings. The molecule has 1 N–H and O–H groups in total. The van der Waals surface area contributed by atoms with Crippen molar-refractivity contribution in [2.45, 2.75) is 6.92 Å². The van der Waals surface area contributed by atoms with Gasteiger partial charge in [0, 0.05) is 16.8 Å². The fourth-order valence-electron chi connectivity index (χ4n) is 2.71. The normalized spacial score (nSPS) is 10.6. The van der Waals surface area contributed by atoms with Crippen LogP contribution >= 0.6 is 0 Å². The molecule has 0 aliphatic heterocycles. The highest BCUT2D eigenvalue weighted by molar-refractivity contribution is 6.33. The monoisotopic (exact) mass is 348 g/mol. The van der Waals surface area contributed by atoms with Crippen molar-refractivity contribution in [3.05, 3.63) is 84.4 Å². The van der Waals surface area contributed by atoms with E-state index in [4.69, 9.17) is 7.85 Å². The van der Waals surface area contributed by atoms with Crippen LogP contribution in [0.25, 0.3) is 22.8 Å². The Labute approximate surface area is 159 Å². The lowest BCUT2D eigenvalue weighted by atomic mass is 9.91. The summed E-state index contributed by atoms with van der Waals surface area (Å²) >= 11 is 0. The van der Waals surface area contributed by atoms with Gasteiger partial charge < -0.3 is 5.32 Å². The standard InChI is InChI=1S/C22H17BN4/c1-15-12-13-18(14-19(15)23)24-22-26-20(16-8-4-2-5-9-16)25-21(27-22)17-10-6-3-7-11-17/h2-14H,1H3,(H,24,25,26,27). The maximum atomic E-state index is 6.02. The molecular formula is C22H17BN4. The Balaban J connectivity index is 1.79. The summed E-state index contributed by atoms with van der Waals surface area (Å²) < 4.78 is 0. The van der Waals surface area contributed by atoms with Crippen LogP contribution in [0.2, 0.25) is 0 Å². The maximum Gasteiger partial charge on any atom is 0.231 e. The van der Waals surface area contributed by atoms with Crippen LogP contribution in [0.3, 0.4) is 0 Å². The molecule has 5 heteroatoms. The number of rotatable bonds is 4. The predicted octanol–water partition coefficient (Wildman–Crippen LogP) is 4.05. The van der Waals surface area contributed by atoms with E-state index in [1.165, 1.54) is 0 Å². The predicted molar refractivity (Wildman–Crippen MR) is 111 cm³/mol. The lowest BCUT2D eigenvalue weighted by Crippen LogP contribution is -2.09. The first-order valence-electron chi connectivity index (χ1n) is 8.69.